The molecule has 1 aromatic carbocycles. The second kappa shape index (κ2) is 7.65. The molecule has 1 aromatic heterocycles. The molecule has 142 valence electrons. The van der Waals surface area contributed by atoms with Crippen molar-refractivity contribution in [3.8, 4) is 11.3 Å². The summed E-state index contributed by atoms with van der Waals surface area (Å²) in [5.74, 6) is -1.21. The molecular weight excluding hydrogens is 356 g/mol. The van der Waals surface area contributed by atoms with E-state index in [0.29, 0.717) is 19.5 Å². The van der Waals surface area contributed by atoms with Crippen molar-refractivity contribution in [3.63, 3.8) is 0 Å². The highest BCUT2D eigenvalue weighted by Gasteiger charge is 2.29. The summed E-state index contributed by atoms with van der Waals surface area (Å²) in [4.78, 5) is 35.2. The van der Waals surface area contributed by atoms with Gasteiger partial charge in [-0.3, -0.25) is 15.1 Å². The SMILES string of the molecule is CC(=O)N1CCC(N(C)C(=O)Nc2cnc(-c3cc(F)cc(F)c3)cn2)C1. The van der Waals surface area contributed by atoms with Crippen molar-refractivity contribution in [2.75, 3.05) is 25.5 Å². The summed E-state index contributed by atoms with van der Waals surface area (Å²) < 4.78 is 26.6. The normalized spacial score (nSPS) is 16.3. The Bertz CT molecular complexity index is 839. The van der Waals surface area contributed by atoms with Gasteiger partial charge in [-0.2, -0.15) is 0 Å². The number of likely N-dealkylation sites (tertiary alicyclic amines) is 1. The Hall–Kier alpha value is -3.10. The largest absolute Gasteiger partial charge is 0.341 e. The monoisotopic (exact) mass is 375 g/mol. The second-order valence-electron chi connectivity index (χ2n) is 6.39. The van der Waals surface area contributed by atoms with Crippen LogP contribution in [0.4, 0.5) is 19.4 Å². The van der Waals surface area contributed by atoms with Gasteiger partial charge in [0, 0.05) is 38.7 Å². The van der Waals surface area contributed by atoms with Gasteiger partial charge in [0.1, 0.15) is 11.6 Å². The van der Waals surface area contributed by atoms with Gasteiger partial charge in [0.15, 0.2) is 5.82 Å². The van der Waals surface area contributed by atoms with Gasteiger partial charge >= 0.3 is 6.03 Å². The fourth-order valence-corrected chi connectivity index (χ4v) is 2.95. The first kappa shape index (κ1) is 18.7. The van der Waals surface area contributed by atoms with E-state index < -0.39 is 11.6 Å². The number of benzene rings is 1. The topological polar surface area (TPSA) is 78.4 Å². The van der Waals surface area contributed by atoms with E-state index >= 15 is 0 Å². The third-order valence-corrected chi connectivity index (χ3v) is 4.52. The van der Waals surface area contributed by atoms with Crippen LogP contribution >= 0.6 is 0 Å². The molecule has 0 bridgehead atoms. The highest BCUT2D eigenvalue weighted by atomic mass is 19.1. The van der Waals surface area contributed by atoms with Crippen molar-refractivity contribution in [1.29, 1.82) is 0 Å². The van der Waals surface area contributed by atoms with Crippen molar-refractivity contribution in [2.24, 2.45) is 0 Å². The molecular formula is C18H19F2N5O2. The maximum absolute atomic E-state index is 13.3. The van der Waals surface area contributed by atoms with E-state index in [4.69, 9.17) is 0 Å². The highest BCUT2D eigenvalue weighted by Crippen LogP contribution is 2.20. The van der Waals surface area contributed by atoms with Gasteiger partial charge in [0.05, 0.1) is 24.1 Å². The Morgan fingerprint density at radius 3 is 2.44 bits per heavy atom. The summed E-state index contributed by atoms with van der Waals surface area (Å²) in [5, 5.41) is 2.63. The molecule has 1 aliphatic heterocycles. The molecule has 1 unspecified atom stereocenters. The third-order valence-electron chi connectivity index (χ3n) is 4.52. The predicted octanol–water partition coefficient (Wildman–Crippen LogP) is 2.51. The lowest BCUT2D eigenvalue weighted by Gasteiger charge is -2.24. The van der Waals surface area contributed by atoms with Crippen LogP contribution in [0.1, 0.15) is 13.3 Å². The second-order valence-corrected chi connectivity index (χ2v) is 6.39. The number of nitrogens with one attached hydrogen (secondary N) is 1. The van der Waals surface area contributed by atoms with Crippen molar-refractivity contribution in [3.05, 3.63) is 42.2 Å². The van der Waals surface area contributed by atoms with E-state index in [9.17, 15) is 18.4 Å². The summed E-state index contributed by atoms with van der Waals surface area (Å²) >= 11 is 0. The molecule has 1 saturated heterocycles. The van der Waals surface area contributed by atoms with Crippen molar-refractivity contribution in [2.45, 2.75) is 19.4 Å². The average Bonchev–Trinajstić information content (AvgIpc) is 3.11. The molecule has 3 amide bonds. The average molecular weight is 375 g/mol. The molecule has 2 heterocycles. The Kier molecular flexibility index (Phi) is 5.29. The summed E-state index contributed by atoms with van der Waals surface area (Å²) in [6.45, 7) is 2.62. The van der Waals surface area contributed by atoms with Gasteiger partial charge in [-0.1, -0.05) is 0 Å². The van der Waals surface area contributed by atoms with E-state index in [1.165, 1.54) is 24.2 Å². The number of nitrogens with zero attached hydrogens (tertiary/aromatic N) is 4. The van der Waals surface area contributed by atoms with Crippen molar-refractivity contribution in [1.82, 2.24) is 19.8 Å². The van der Waals surface area contributed by atoms with Crippen LogP contribution < -0.4 is 5.32 Å². The molecule has 9 heteroatoms. The molecule has 0 aliphatic carbocycles. The summed E-state index contributed by atoms with van der Waals surface area (Å²) in [6.07, 6.45) is 3.36. The predicted molar refractivity (Wildman–Crippen MR) is 94.8 cm³/mol. The minimum Gasteiger partial charge on any atom is -0.341 e. The summed E-state index contributed by atoms with van der Waals surface area (Å²) in [7, 11) is 1.65. The molecule has 0 spiro atoms. The molecule has 0 saturated carbocycles. The van der Waals surface area contributed by atoms with Gasteiger partial charge in [-0.25, -0.2) is 18.6 Å². The Balaban J connectivity index is 1.64. The maximum Gasteiger partial charge on any atom is 0.323 e. The van der Waals surface area contributed by atoms with Crippen LogP contribution in [0.5, 0.6) is 0 Å². The van der Waals surface area contributed by atoms with E-state index in [1.807, 2.05) is 0 Å². The number of hydrogen-bond acceptors (Lipinski definition) is 4. The zero-order chi connectivity index (χ0) is 19.6. The first-order valence-electron chi connectivity index (χ1n) is 8.41. The molecule has 7 nitrogen and oxygen atoms in total. The van der Waals surface area contributed by atoms with Gasteiger partial charge in [-0.15, -0.1) is 0 Å². The minimum absolute atomic E-state index is 0.0125. The highest BCUT2D eigenvalue weighted by molar-refractivity contribution is 5.88. The molecule has 3 rings (SSSR count). The number of rotatable bonds is 3. The molecule has 1 atom stereocenters. The molecule has 27 heavy (non-hydrogen) atoms. The van der Waals surface area contributed by atoms with Gasteiger partial charge in [0.25, 0.3) is 0 Å². The van der Waals surface area contributed by atoms with Crippen LogP contribution in [0.3, 0.4) is 0 Å². The molecule has 0 radical (unpaired) electrons. The first-order chi connectivity index (χ1) is 12.8. The lowest BCUT2D eigenvalue weighted by atomic mass is 10.1. The van der Waals surface area contributed by atoms with E-state index in [0.717, 1.165) is 18.2 Å². The fraction of sp³-hybridized carbons (Fsp3) is 0.333. The number of carbonyl (C=O) groups excluding carboxylic acids is 2. The lowest BCUT2D eigenvalue weighted by Crippen LogP contribution is -2.42. The quantitative estimate of drug-likeness (QED) is 0.894. The van der Waals surface area contributed by atoms with E-state index in [-0.39, 0.29) is 35.1 Å². The summed E-state index contributed by atoms with van der Waals surface area (Å²) in [6, 6.07) is 2.64. The third kappa shape index (κ3) is 4.36. The summed E-state index contributed by atoms with van der Waals surface area (Å²) in [5.41, 5.74) is 0.540. The van der Waals surface area contributed by atoms with E-state index in [2.05, 4.69) is 15.3 Å². The number of amides is 3. The van der Waals surface area contributed by atoms with E-state index in [1.54, 1.807) is 11.9 Å². The Labute approximate surface area is 155 Å². The molecule has 1 aliphatic rings. The smallest absolute Gasteiger partial charge is 0.323 e. The van der Waals surface area contributed by atoms with Gasteiger partial charge in [-0.05, 0) is 18.6 Å². The van der Waals surface area contributed by atoms with Crippen LogP contribution in [-0.4, -0.2) is 57.9 Å². The minimum atomic E-state index is -0.707. The number of hydrogen-bond donors (Lipinski definition) is 1. The van der Waals surface area contributed by atoms with Crippen LogP contribution in [0, 0.1) is 11.6 Å². The number of aromatic nitrogens is 2. The lowest BCUT2D eigenvalue weighted by molar-refractivity contribution is -0.127. The van der Waals surface area contributed by atoms with Crippen LogP contribution in [0.15, 0.2) is 30.6 Å². The van der Waals surface area contributed by atoms with Gasteiger partial charge in [0.2, 0.25) is 5.91 Å². The number of anilines is 1. The van der Waals surface area contributed by atoms with Crippen LogP contribution in [-0.2, 0) is 4.79 Å². The van der Waals surface area contributed by atoms with Gasteiger partial charge < -0.3 is 9.80 Å². The molecule has 2 aromatic rings. The number of carbonyl (C=O) groups is 2. The standard InChI is InChI=1S/C18H19F2N5O2/c1-11(26)25-4-3-15(10-25)24(2)18(27)23-17-9-21-16(8-22-17)12-5-13(19)7-14(20)6-12/h5-9,15H,3-4,10H2,1-2H3,(H,22,23,27). The number of urea groups is 1. The Morgan fingerprint density at radius 1 is 1.19 bits per heavy atom. The zero-order valence-corrected chi connectivity index (χ0v) is 14.9. The number of likely N-dealkylation sites (N-methyl/N-ethyl adjacent to an activating group) is 1. The van der Waals surface area contributed by atoms with Crippen LogP contribution in [0.2, 0.25) is 0 Å². The first-order valence-corrected chi connectivity index (χ1v) is 8.41. The zero-order valence-electron chi connectivity index (χ0n) is 14.9. The Morgan fingerprint density at radius 2 is 1.89 bits per heavy atom. The maximum atomic E-state index is 13.3. The fourth-order valence-electron chi connectivity index (χ4n) is 2.95. The molecule has 1 N–H and O–H groups in total. The number of halogens is 2. The van der Waals surface area contributed by atoms with Crippen molar-refractivity contribution >= 4 is 17.8 Å². The van der Waals surface area contributed by atoms with Crippen LogP contribution in [0.25, 0.3) is 11.3 Å². The molecule has 1 fully saturated rings. The van der Waals surface area contributed by atoms with Crippen molar-refractivity contribution < 1.29 is 18.4 Å².